The number of pyridine rings is 2. The van der Waals surface area contributed by atoms with E-state index in [2.05, 4.69) is 36.4 Å². The summed E-state index contributed by atoms with van der Waals surface area (Å²) in [6.07, 6.45) is 4.65. The second-order valence-electron chi connectivity index (χ2n) is 19.1. The van der Waals surface area contributed by atoms with Crippen molar-refractivity contribution in [2.75, 3.05) is 79.0 Å². The van der Waals surface area contributed by atoms with Crippen LogP contribution in [0.25, 0.3) is 0 Å². The van der Waals surface area contributed by atoms with Crippen molar-refractivity contribution < 1.29 is 38.2 Å². The molecule has 67 heavy (non-hydrogen) atoms. The Labute approximate surface area is 388 Å². The van der Waals surface area contributed by atoms with Gasteiger partial charge in [0.15, 0.2) is 0 Å². The summed E-state index contributed by atoms with van der Waals surface area (Å²) in [4.78, 5) is 97.9. The Morgan fingerprint density at radius 3 is 2.36 bits per heavy atom. The second-order valence-corrected chi connectivity index (χ2v) is 19.1. The highest BCUT2D eigenvalue weighted by Crippen LogP contribution is 2.40. The van der Waals surface area contributed by atoms with Crippen molar-refractivity contribution in [3.63, 3.8) is 0 Å². The maximum atomic E-state index is 13.4. The number of carbonyl (C=O) groups excluding carboxylic acids is 6. The highest BCUT2D eigenvalue weighted by molar-refractivity contribution is 6.23. The van der Waals surface area contributed by atoms with E-state index in [-0.39, 0.29) is 29.9 Å². The normalized spacial score (nSPS) is 19.9. The highest BCUT2D eigenvalue weighted by atomic mass is 16.6. The maximum absolute atomic E-state index is 13.4. The summed E-state index contributed by atoms with van der Waals surface area (Å²) in [6.45, 7) is 14.0. The van der Waals surface area contributed by atoms with Crippen molar-refractivity contribution in [1.82, 2.24) is 30.0 Å². The minimum atomic E-state index is -0.994. The summed E-state index contributed by atoms with van der Waals surface area (Å²) in [6, 6.07) is 14.5. The number of imide groups is 2. The summed E-state index contributed by atoms with van der Waals surface area (Å²) in [5.41, 5.74) is 7.37. The Morgan fingerprint density at radius 2 is 1.61 bits per heavy atom. The third kappa shape index (κ3) is 8.61. The SMILES string of the molecule is Cc1c(N2CCc3cnc(Nc4ccc(CC(=O)N5CCN(C6CN(c7ccc8c(c7)C(=O)N(C7CCC(=O)NC7=O)C8=O)C6)CC5)cc4)cc3C2)cnc2c1N(C(=O)OC(C)(C)C)CCO2. The van der Waals surface area contributed by atoms with Crippen molar-refractivity contribution in [3.05, 3.63) is 94.3 Å². The van der Waals surface area contributed by atoms with Gasteiger partial charge in [0.1, 0.15) is 29.8 Å². The monoisotopic (exact) mass is 910 g/mol. The number of ether oxygens (including phenoxy) is 2. The number of rotatable bonds is 8. The number of amides is 6. The summed E-state index contributed by atoms with van der Waals surface area (Å²) >= 11 is 0. The van der Waals surface area contributed by atoms with Crippen molar-refractivity contribution in [2.24, 2.45) is 0 Å². The lowest BCUT2D eigenvalue weighted by Gasteiger charge is -2.49. The zero-order valence-electron chi connectivity index (χ0n) is 38.2. The van der Waals surface area contributed by atoms with Crippen LogP contribution in [0.4, 0.5) is 33.4 Å². The highest BCUT2D eigenvalue weighted by Gasteiger charge is 2.45. The molecule has 2 aromatic heterocycles. The number of fused-ring (bicyclic) bond motifs is 3. The minimum absolute atomic E-state index is 0.0757. The second kappa shape index (κ2) is 17.3. The number of hydrogen-bond donors (Lipinski definition) is 2. The molecule has 348 valence electrons. The van der Waals surface area contributed by atoms with E-state index < -0.39 is 41.4 Å². The van der Waals surface area contributed by atoms with Crippen LogP contribution >= 0.6 is 0 Å². The predicted molar refractivity (Wildman–Crippen MR) is 248 cm³/mol. The van der Waals surface area contributed by atoms with Crippen LogP contribution in [0.1, 0.15) is 76.6 Å². The Bertz CT molecular complexity index is 2690. The number of carbonyl (C=O) groups is 6. The lowest BCUT2D eigenvalue weighted by Crippen LogP contribution is -2.63. The van der Waals surface area contributed by atoms with Gasteiger partial charge in [-0.05, 0) is 93.6 Å². The molecule has 0 radical (unpaired) electrons. The molecule has 1 unspecified atom stereocenters. The molecule has 0 saturated carbocycles. The van der Waals surface area contributed by atoms with E-state index >= 15 is 0 Å². The number of nitrogens with zero attached hydrogens (tertiary/aromatic N) is 8. The number of aromatic nitrogens is 2. The molecular formula is C49H54N10O8. The fraction of sp³-hybridized carbons (Fsp3) is 0.429. The Morgan fingerprint density at radius 1 is 0.851 bits per heavy atom. The molecule has 1 atom stereocenters. The lowest BCUT2D eigenvalue weighted by molar-refractivity contribution is -0.136. The number of piperazine rings is 1. The molecule has 4 aromatic rings. The fourth-order valence-corrected chi connectivity index (χ4v) is 9.89. The standard InChI is InChI=1S/C49H54N10O8/c1-29-39(25-51-45-43(29)58(19-20-66-45)48(65)67-49(2,3)4)56-14-13-31-24-50-40(22-32(31)26-56)52-33-7-5-30(6-8-33)21-42(61)55-17-15-54(16-18-55)35-27-57(28-35)34-9-10-36-37(23-34)47(64)59(46(36)63)38-11-12-41(60)53-44(38)62/h5-10,22-25,35,38H,11-21,26-28H2,1-4H3,(H,50,52)(H,53,60,62). The van der Waals surface area contributed by atoms with Crippen molar-refractivity contribution in [3.8, 4) is 5.88 Å². The fourth-order valence-electron chi connectivity index (χ4n) is 9.89. The number of benzene rings is 2. The Balaban J connectivity index is 0.697. The number of anilines is 5. The Kier molecular flexibility index (Phi) is 11.3. The van der Waals surface area contributed by atoms with Crippen LogP contribution in [-0.4, -0.2) is 137 Å². The van der Waals surface area contributed by atoms with Gasteiger partial charge in [0, 0.05) is 88.0 Å². The zero-order chi connectivity index (χ0) is 46.7. The summed E-state index contributed by atoms with van der Waals surface area (Å²) in [5.74, 6) is -0.809. The van der Waals surface area contributed by atoms with E-state index in [0.717, 1.165) is 83.6 Å². The van der Waals surface area contributed by atoms with E-state index in [9.17, 15) is 28.8 Å². The van der Waals surface area contributed by atoms with Gasteiger partial charge < -0.3 is 29.5 Å². The molecule has 3 fully saturated rings. The molecule has 0 spiro atoms. The van der Waals surface area contributed by atoms with Crippen LogP contribution in [0.5, 0.6) is 5.88 Å². The first-order chi connectivity index (χ1) is 32.2. The van der Waals surface area contributed by atoms with Crippen molar-refractivity contribution in [2.45, 2.75) is 77.6 Å². The van der Waals surface area contributed by atoms with Gasteiger partial charge in [0.25, 0.3) is 11.8 Å². The van der Waals surface area contributed by atoms with Crippen LogP contribution in [0, 0.1) is 6.92 Å². The van der Waals surface area contributed by atoms with Crippen LogP contribution < -0.4 is 30.1 Å². The molecular weight excluding hydrogens is 857 g/mol. The number of hydrogen-bond acceptors (Lipinski definition) is 14. The Hall–Kier alpha value is -7.08. The quantitative estimate of drug-likeness (QED) is 0.239. The number of piperidine rings is 1. The molecule has 3 saturated heterocycles. The van der Waals surface area contributed by atoms with E-state index in [1.165, 1.54) is 5.56 Å². The van der Waals surface area contributed by atoms with E-state index in [4.69, 9.17) is 14.5 Å². The molecule has 18 nitrogen and oxygen atoms in total. The average molecular weight is 911 g/mol. The molecule has 0 aliphatic carbocycles. The van der Waals surface area contributed by atoms with Gasteiger partial charge >= 0.3 is 6.09 Å². The topological polar surface area (TPSA) is 190 Å². The van der Waals surface area contributed by atoms with Crippen molar-refractivity contribution >= 4 is 64.2 Å². The third-order valence-electron chi connectivity index (χ3n) is 13.5. The lowest BCUT2D eigenvalue weighted by atomic mass is 10.0. The molecule has 0 bridgehead atoms. The zero-order valence-corrected chi connectivity index (χ0v) is 38.2. The summed E-state index contributed by atoms with van der Waals surface area (Å²) in [5, 5.41) is 5.67. The van der Waals surface area contributed by atoms with Crippen LogP contribution in [0.15, 0.2) is 60.9 Å². The van der Waals surface area contributed by atoms with Crippen LogP contribution in [0.2, 0.25) is 0 Å². The van der Waals surface area contributed by atoms with Gasteiger partial charge in [0.2, 0.25) is 23.6 Å². The van der Waals surface area contributed by atoms with Gasteiger partial charge in [-0.3, -0.25) is 44.0 Å². The van der Waals surface area contributed by atoms with E-state index in [0.29, 0.717) is 56.8 Å². The molecule has 2 aromatic carbocycles. The summed E-state index contributed by atoms with van der Waals surface area (Å²) in [7, 11) is 0. The first-order valence-electron chi connectivity index (χ1n) is 23.0. The van der Waals surface area contributed by atoms with E-state index in [1.54, 1.807) is 17.0 Å². The first-order valence-corrected chi connectivity index (χ1v) is 23.0. The molecule has 6 aliphatic heterocycles. The van der Waals surface area contributed by atoms with E-state index in [1.807, 2.05) is 75.3 Å². The molecule has 6 amide bonds. The van der Waals surface area contributed by atoms with Crippen LogP contribution in [-0.2, 0) is 38.5 Å². The number of nitrogens with one attached hydrogen (secondary N) is 2. The van der Waals surface area contributed by atoms with Gasteiger partial charge in [0.05, 0.1) is 36.0 Å². The minimum Gasteiger partial charge on any atom is -0.474 e. The third-order valence-corrected chi connectivity index (χ3v) is 13.5. The molecule has 18 heteroatoms. The predicted octanol–water partition coefficient (Wildman–Crippen LogP) is 4.20. The van der Waals surface area contributed by atoms with Gasteiger partial charge in [-0.25, -0.2) is 14.8 Å². The average Bonchev–Trinajstić information content (AvgIpc) is 3.53. The van der Waals surface area contributed by atoms with Crippen LogP contribution in [0.3, 0.4) is 0 Å². The maximum Gasteiger partial charge on any atom is 0.415 e. The summed E-state index contributed by atoms with van der Waals surface area (Å²) < 4.78 is 11.6. The molecule has 2 N–H and O–H groups in total. The van der Waals surface area contributed by atoms with Gasteiger partial charge in [-0.15, -0.1) is 0 Å². The van der Waals surface area contributed by atoms with Gasteiger partial charge in [-0.2, -0.15) is 0 Å². The largest absolute Gasteiger partial charge is 0.474 e. The molecule has 6 aliphatic rings. The molecule has 8 heterocycles. The first kappa shape index (κ1) is 43.8. The van der Waals surface area contributed by atoms with Crippen molar-refractivity contribution in [1.29, 1.82) is 0 Å². The molecule has 10 rings (SSSR count). The smallest absolute Gasteiger partial charge is 0.415 e. The van der Waals surface area contributed by atoms with Gasteiger partial charge in [-0.1, -0.05) is 12.1 Å².